The fourth-order valence-corrected chi connectivity index (χ4v) is 2.06. The third-order valence-electron chi connectivity index (χ3n) is 1.68. The van der Waals surface area contributed by atoms with E-state index in [9.17, 15) is 4.79 Å². The van der Waals surface area contributed by atoms with Crippen LogP contribution in [0.25, 0.3) is 0 Å². The van der Waals surface area contributed by atoms with Crippen LogP contribution in [0.1, 0.15) is 6.92 Å². The van der Waals surface area contributed by atoms with Gasteiger partial charge < -0.3 is 5.11 Å². The smallest absolute Gasteiger partial charge is 0.238 e. The molecule has 1 N–H and O–H groups in total. The minimum absolute atomic E-state index is 0.245. The molecular formula is C11H8ClNO2S. The third-order valence-corrected chi connectivity index (χ3v) is 2.80. The maximum absolute atomic E-state index is 11.6. The monoisotopic (exact) mass is 253 g/mol. The zero-order valence-corrected chi connectivity index (χ0v) is 9.97. The number of nitriles is 1. The van der Waals surface area contributed by atoms with Gasteiger partial charge in [-0.25, -0.2) is 0 Å². The van der Waals surface area contributed by atoms with Gasteiger partial charge in [0.15, 0.2) is 0 Å². The molecule has 0 aliphatic rings. The van der Waals surface area contributed by atoms with E-state index >= 15 is 0 Å². The van der Waals surface area contributed by atoms with Crippen LogP contribution in [0.3, 0.4) is 0 Å². The first-order valence-electron chi connectivity index (χ1n) is 4.32. The highest BCUT2D eigenvalue weighted by molar-refractivity contribution is 8.14. The summed E-state index contributed by atoms with van der Waals surface area (Å²) in [4.78, 5) is 12.2. The Morgan fingerprint density at radius 1 is 1.56 bits per heavy atom. The first kappa shape index (κ1) is 12.6. The van der Waals surface area contributed by atoms with Crippen molar-refractivity contribution in [2.75, 3.05) is 0 Å². The number of carbonyl (C=O) groups excluding carboxylic acids is 1. The molecule has 0 saturated heterocycles. The van der Waals surface area contributed by atoms with E-state index < -0.39 is 5.12 Å². The molecule has 0 amide bonds. The summed E-state index contributed by atoms with van der Waals surface area (Å²) in [5.74, 6) is -0.276. The summed E-state index contributed by atoms with van der Waals surface area (Å²) in [5.41, 5.74) is -0.245. The summed E-state index contributed by atoms with van der Waals surface area (Å²) in [7, 11) is 0. The highest BCUT2D eigenvalue weighted by Gasteiger charge is 2.14. The van der Waals surface area contributed by atoms with E-state index in [1.165, 1.54) is 6.92 Å². The Morgan fingerprint density at radius 3 is 2.75 bits per heavy atom. The second-order valence-corrected chi connectivity index (χ2v) is 4.40. The Labute approximate surface area is 102 Å². The molecule has 0 radical (unpaired) electrons. The van der Waals surface area contributed by atoms with E-state index in [1.807, 2.05) is 0 Å². The molecule has 1 aromatic rings. The van der Waals surface area contributed by atoms with Crippen LogP contribution in [0.15, 0.2) is 40.5 Å². The molecule has 0 fully saturated rings. The van der Waals surface area contributed by atoms with Gasteiger partial charge in [-0.1, -0.05) is 17.7 Å². The quantitative estimate of drug-likeness (QED) is 0.380. The Balaban J connectivity index is 2.88. The Kier molecular flexibility index (Phi) is 4.41. The molecule has 1 rings (SSSR count). The van der Waals surface area contributed by atoms with E-state index in [1.54, 1.807) is 30.3 Å². The molecule has 0 aliphatic carbocycles. The fraction of sp³-hybridized carbons (Fsp3) is 0.0909. The minimum atomic E-state index is -0.496. The van der Waals surface area contributed by atoms with E-state index in [0.29, 0.717) is 9.92 Å². The van der Waals surface area contributed by atoms with E-state index in [0.717, 1.165) is 11.8 Å². The maximum atomic E-state index is 11.6. The molecule has 0 heterocycles. The maximum Gasteiger partial charge on any atom is 0.238 e. The van der Waals surface area contributed by atoms with Crippen LogP contribution in [0, 0.1) is 11.3 Å². The van der Waals surface area contributed by atoms with Crippen LogP contribution in [-0.4, -0.2) is 10.2 Å². The lowest BCUT2D eigenvalue weighted by molar-refractivity contribution is -0.107. The first-order valence-corrected chi connectivity index (χ1v) is 5.51. The lowest BCUT2D eigenvalue weighted by atomic mass is 10.3. The lowest BCUT2D eigenvalue weighted by Crippen LogP contribution is -1.98. The van der Waals surface area contributed by atoms with Crippen LogP contribution in [-0.2, 0) is 4.79 Å². The lowest BCUT2D eigenvalue weighted by Gasteiger charge is -2.00. The summed E-state index contributed by atoms with van der Waals surface area (Å²) in [6.45, 7) is 1.30. The first-order chi connectivity index (χ1) is 7.54. The van der Waals surface area contributed by atoms with Gasteiger partial charge in [-0.05, 0) is 36.9 Å². The van der Waals surface area contributed by atoms with Crippen LogP contribution in [0.2, 0.25) is 5.02 Å². The third kappa shape index (κ3) is 3.30. The SMILES string of the molecule is C/C(O)=C(\C#N)C(=O)Sc1cccc(Cl)c1. The Bertz CT molecular complexity index is 487. The number of benzene rings is 1. The normalized spacial score (nSPS) is 11.6. The molecule has 0 aliphatic heterocycles. The molecule has 82 valence electrons. The summed E-state index contributed by atoms with van der Waals surface area (Å²) in [6, 6.07) is 8.38. The van der Waals surface area contributed by atoms with Gasteiger partial charge in [-0.3, -0.25) is 4.79 Å². The second kappa shape index (κ2) is 5.59. The molecule has 0 atom stereocenters. The number of thioether (sulfide) groups is 1. The predicted octanol–water partition coefficient (Wildman–Crippen LogP) is 3.31. The average Bonchev–Trinajstić information content (AvgIpc) is 2.17. The number of rotatable bonds is 2. The minimum Gasteiger partial charge on any atom is -0.511 e. The predicted molar refractivity (Wildman–Crippen MR) is 63.3 cm³/mol. The topological polar surface area (TPSA) is 61.1 Å². The number of aliphatic hydroxyl groups excluding tert-OH is 1. The Morgan fingerprint density at radius 2 is 2.25 bits per heavy atom. The number of halogens is 1. The largest absolute Gasteiger partial charge is 0.511 e. The van der Waals surface area contributed by atoms with E-state index in [-0.39, 0.29) is 11.3 Å². The molecule has 3 nitrogen and oxygen atoms in total. The summed E-state index contributed by atoms with van der Waals surface area (Å²) < 4.78 is 0. The van der Waals surface area contributed by atoms with Gasteiger partial charge in [0, 0.05) is 9.92 Å². The number of aliphatic hydroxyl groups is 1. The zero-order valence-electron chi connectivity index (χ0n) is 8.40. The van der Waals surface area contributed by atoms with Crippen molar-refractivity contribution >= 4 is 28.5 Å². The molecule has 0 bridgehead atoms. The van der Waals surface area contributed by atoms with Crippen molar-refractivity contribution in [3.05, 3.63) is 40.6 Å². The molecule has 0 spiro atoms. The number of hydrogen-bond donors (Lipinski definition) is 1. The van der Waals surface area contributed by atoms with Gasteiger partial charge in [0.25, 0.3) is 0 Å². The summed E-state index contributed by atoms with van der Waals surface area (Å²) >= 11 is 6.61. The fourth-order valence-electron chi connectivity index (χ4n) is 0.963. The van der Waals surface area contributed by atoms with Crippen molar-refractivity contribution in [2.45, 2.75) is 11.8 Å². The molecular weight excluding hydrogens is 246 g/mol. The van der Waals surface area contributed by atoms with Crippen LogP contribution < -0.4 is 0 Å². The molecule has 5 heteroatoms. The number of carbonyl (C=O) groups is 1. The van der Waals surface area contributed by atoms with Crippen molar-refractivity contribution in [3.63, 3.8) is 0 Å². The molecule has 0 unspecified atom stereocenters. The standard InChI is InChI=1S/C11H8ClNO2S/c1-7(14)10(6-13)11(15)16-9-4-2-3-8(12)5-9/h2-5,14H,1H3/b10-7-. The van der Waals surface area contributed by atoms with Crippen LogP contribution in [0.5, 0.6) is 0 Å². The van der Waals surface area contributed by atoms with Crippen LogP contribution in [0.4, 0.5) is 0 Å². The second-order valence-electron chi connectivity index (χ2n) is 2.92. The van der Waals surface area contributed by atoms with Crippen molar-refractivity contribution < 1.29 is 9.90 Å². The summed E-state index contributed by atoms with van der Waals surface area (Å²) in [5, 5.41) is 17.8. The van der Waals surface area contributed by atoms with E-state index in [4.69, 9.17) is 22.0 Å². The van der Waals surface area contributed by atoms with Crippen LogP contribution >= 0.6 is 23.4 Å². The van der Waals surface area contributed by atoms with Crippen molar-refractivity contribution in [2.24, 2.45) is 0 Å². The highest BCUT2D eigenvalue weighted by atomic mass is 35.5. The average molecular weight is 254 g/mol. The van der Waals surface area contributed by atoms with Gasteiger partial charge in [0.05, 0.1) is 0 Å². The highest BCUT2D eigenvalue weighted by Crippen LogP contribution is 2.25. The zero-order chi connectivity index (χ0) is 12.1. The number of nitrogens with zero attached hydrogens (tertiary/aromatic N) is 1. The summed E-state index contributed by atoms with van der Waals surface area (Å²) in [6.07, 6.45) is 0. The Hall–Kier alpha value is -1.44. The van der Waals surface area contributed by atoms with Crippen molar-refractivity contribution in [1.82, 2.24) is 0 Å². The number of allylic oxidation sites excluding steroid dienone is 1. The van der Waals surface area contributed by atoms with Gasteiger partial charge in [0.1, 0.15) is 17.4 Å². The van der Waals surface area contributed by atoms with Crippen molar-refractivity contribution in [3.8, 4) is 6.07 Å². The van der Waals surface area contributed by atoms with E-state index in [2.05, 4.69) is 0 Å². The molecule has 0 saturated carbocycles. The van der Waals surface area contributed by atoms with Crippen molar-refractivity contribution in [1.29, 1.82) is 5.26 Å². The molecule has 16 heavy (non-hydrogen) atoms. The molecule has 0 aromatic heterocycles. The van der Waals surface area contributed by atoms with Gasteiger partial charge in [0.2, 0.25) is 5.12 Å². The molecule has 1 aromatic carbocycles. The van der Waals surface area contributed by atoms with Gasteiger partial charge in [-0.15, -0.1) is 0 Å². The van der Waals surface area contributed by atoms with Gasteiger partial charge >= 0.3 is 0 Å². The number of hydrogen-bond acceptors (Lipinski definition) is 4. The van der Waals surface area contributed by atoms with Gasteiger partial charge in [-0.2, -0.15) is 5.26 Å².